The predicted molar refractivity (Wildman–Crippen MR) is 91.8 cm³/mol. The molecule has 0 aliphatic heterocycles. The summed E-state index contributed by atoms with van der Waals surface area (Å²) in [4.78, 5) is 9.10. The predicted octanol–water partition coefficient (Wildman–Crippen LogP) is 4.74. The first-order chi connectivity index (χ1) is 11.8. The number of aryl methyl sites for hydroxylation is 1. The Bertz CT molecular complexity index is 1010. The van der Waals surface area contributed by atoms with Crippen molar-refractivity contribution < 1.29 is 13.9 Å². The van der Waals surface area contributed by atoms with Crippen molar-refractivity contribution in [1.29, 1.82) is 0 Å². The fourth-order valence-electron chi connectivity index (χ4n) is 2.59. The monoisotopic (exact) mass is 320 g/mol. The molecule has 4 rings (SSSR count). The van der Waals surface area contributed by atoms with E-state index in [9.17, 15) is 0 Å². The van der Waals surface area contributed by atoms with Crippen LogP contribution < -0.4 is 9.47 Å². The number of rotatable bonds is 4. The Balaban J connectivity index is 1.86. The SMILES string of the molecule is CCc1nc(Oc2ccc(OC)cc2)c2oc3ccccc3c2n1. The lowest BCUT2D eigenvalue weighted by molar-refractivity contribution is 0.412. The molecule has 0 bridgehead atoms. The lowest BCUT2D eigenvalue weighted by Crippen LogP contribution is -1.97. The van der Waals surface area contributed by atoms with Crippen LogP contribution in [0.3, 0.4) is 0 Å². The average Bonchev–Trinajstić information content (AvgIpc) is 3.01. The van der Waals surface area contributed by atoms with Crippen LogP contribution in [-0.2, 0) is 6.42 Å². The number of hydrogen-bond donors (Lipinski definition) is 0. The lowest BCUT2D eigenvalue weighted by atomic mass is 10.2. The van der Waals surface area contributed by atoms with E-state index in [2.05, 4.69) is 9.97 Å². The van der Waals surface area contributed by atoms with E-state index in [-0.39, 0.29) is 0 Å². The summed E-state index contributed by atoms with van der Waals surface area (Å²) in [5, 5.41) is 0.962. The average molecular weight is 320 g/mol. The minimum Gasteiger partial charge on any atom is -0.497 e. The number of aromatic nitrogens is 2. The van der Waals surface area contributed by atoms with E-state index in [4.69, 9.17) is 13.9 Å². The van der Waals surface area contributed by atoms with Crippen molar-refractivity contribution in [2.75, 3.05) is 7.11 Å². The van der Waals surface area contributed by atoms with Crippen LogP contribution >= 0.6 is 0 Å². The maximum atomic E-state index is 5.96. The number of ether oxygens (including phenoxy) is 2. The summed E-state index contributed by atoms with van der Waals surface area (Å²) < 4.78 is 17.1. The van der Waals surface area contributed by atoms with Gasteiger partial charge in [-0.05, 0) is 36.4 Å². The molecule has 0 radical (unpaired) electrons. The van der Waals surface area contributed by atoms with Crippen LogP contribution in [0.25, 0.3) is 22.1 Å². The number of hydrogen-bond acceptors (Lipinski definition) is 5. The Kier molecular flexibility index (Phi) is 3.54. The van der Waals surface area contributed by atoms with Crippen molar-refractivity contribution >= 4 is 22.1 Å². The van der Waals surface area contributed by atoms with Gasteiger partial charge in [0.1, 0.15) is 28.4 Å². The largest absolute Gasteiger partial charge is 0.497 e. The quantitative estimate of drug-likeness (QED) is 0.543. The maximum absolute atomic E-state index is 5.96. The molecule has 4 aromatic rings. The van der Waals surface area contributed by atoms with E-state index in [1.54, 1.807) is 7.11 Å². The van der Waals surface area contributed by atoms with E-state index in [0.717, 1.165) is 28.1 Å². The van der Waals surface area contributed by atoms with Crippen LogP contribution in [-0.4, -0.2) is 17.1 Å². The topological polar surface area (TPSA) is 57.4 Å². The smallest absolute Gasteiger partial charge is 0.267 e. The third-order valence-corrected chi connectivity index (χ3v) is 3.83. The molecule has 0 saturated heterocycles. The van der Waals surface area contributed by atoms with Crippen molar-refractivity contribution in [2.24, 2.45) is 0 Å². The minimum atomic E-state index is 0.429. The molecule has 2 heterocycles. The third-order valence-electron chi connectivity index (χ3n) is 3.83. The van der Waals surface area contributed by atoms with Gasteiger partial charge in [-0.2, -0.15) is 4.98 Å². The van der Waals surface area contributed by atoms with Gasteiger partial charge in [0.15, 0.2) is 0 Å². The number of nitrogens with zero attached hydrogens (tertiary/aromatic N) is 2. The minimum absolute atomic E-state index is 0.429. The highest BCUT2D eigenvalue weighted by atomic mass is 16.5. The first kappa shape index (κ1) is 14.5. The second-order valence-electron chi connectivity index (χ2n) is 5.35. The Morgan fingerprint density at radius 3 is 2.46 bits per heavy atom. The molecule has 5 nitrogen and oxygen atoms in total. The fourth-order valence-corrected chi connectivity index (χ4v) is 2.59. The molecule has 0 atom stereocenters. The molecule has 0 amide bonds. The van der Waals surface area contributed by atoms with E-state index in [1.807, 2.05) is 55.5 Å². The molecule has 2 aromatic carbocycles. The highest BCUT2D eigenvalue weighted by Gasteiger charge is 2.16. The first-order valence-electron chi connectivity index (χ1n) is 7.78. The number of furan rings is 1. The maximum Gasteiger partial charge on any atom is 0.267 e. The van der Waals surface area contributed by atoms with Gasteiger partial charge in [0, 0.05) is 11.8 Å². The van der Waals surface area contributed by atoms with Gasteiger partial charge in [0.25, 0.3) is 5.88 Å². The Morgan fingerprint density at radius 2 is 1.71 bits per heavy atom. The zero-order valence-electron chi connectivity index (χ0n) is 13.4. The van der Waals surface area contributed by atoms with Crippen LogP contribution in [0, 0.1) is 0 Å². The zero-order chi connectivity index (χ0) is 16.5. The van der Waals surface area contributed by atoms with Gasteiger partial charge in [-0.15, -0.1) is 0 Å². The summed E-state index contributed by atoms with van der Waals surface area (Å²) in [7, 11) is 1.63. The number of methoxy groups -OCH3 is 1. The van der Waals surface area contributed by atoms with Gasteiger partial charge in [0.2, 0.25) is 5.58 Å². The Morgan fingerprint density at radius 1 is 0.958 bits per heavy atom. The van der Waals surface area contributed by atoms with E-state index >= 15 is 0 Å². The van der Waals surface area contributed by atoms with Crippen LogP contribution in [0.5, 0.6) is 17.4 Å². The second-order valence-corrected chi connectivity index (χ2v) is 5.35. The number of para-hydroxylation sites is 1. The van der Waals surface area contributed by atoms with Crippen LogP contribution in [0.4, 0.5) is 0 Å². The standard InChI is InChI=1S/C19H16N2O3/c1-3-16-20-17-14-6-4-5-7-15(14)24-18(17)19(21-16)23-13-10-8-12(22-2)9-11-13/h4-11H,3H2,1-2H3. The van der Waals surface area contributed by atoms with Gasteiger partial charge in [-0.25, -0.2) is 4.98 Å². The molecular formula is C19H16N2O3. The van der Waals surface area contributed by atoms with Crippen LogP contribution in [0.2, 0.25) is 0 Å². The normalized spacial score (nSPS) is 11.1. The van der Waals surface area contributed by atoms with Gasteiger partial charge in [0.05, 0.1) is 7.11 Å². The molecule has 0 spiro atoms. The first-order valence-corrected chi connectivity index (χ1v) is 7.78. The van der Waals surface area contributed by atoms with Crippen molar-refractivity contribution in [2.45, 2.75) is 13.3 Å². The fraction of sp³-hybridized carbons (Fsp3) is 0.158. The summed E-state index contributed by atoms with van der Waals surface area (Å²) in [5.74, 6) is 2.59. The molecule has 0 unspecified atom stereocenters. The molecule has 24 heavy (non-hydrogen) atoms. The Hall–Kier alpha value is -3.08. The van der Waals surface area contributed by atoms with Gasteiger partial charge >= 0.3 is 0 Å². The molecular weight excluding hydrogens is 304 g/mol. The van der Waals surface area contributed by atoms with Gasteiger partial charge in [-0.1, -0.05) is 19.1 Å². The highest BCUT2D eigenvalue weighted by Crippen LogP contribution is 2.34. The molecule has 120 valence electrons. The van der Waals surface area contributed by atoms with Crippen molar-refractivity contribution in [3.63, 3.8) is 0 Å². The molecule has 0 fully saturated rings. The molecule has 0 N–H and O–H groups in total. The lowest BCUT2D eigenvalue weighted by Gasteiger charge is -2.07. The molecule has 0 aliphatic carbocycles. The molecule has 2 aromatic heterocycles. The summed E-state index contributed by atoms with van der Waals surface area (Å²) >= 11 is 0. The summed E-state index contributed by atoms with van der Waals surface area (Å²) in [6.45, 7) is 2.01. The van der Waals surface area contributed by atoms with E-state index in [0.29, 0.717) is 23.6 Å². The third kappa shape index (κ3) is 2.44. The Labute approximate surface area is 138 Å². The highest BCUT2D eigenvalue weighted by molar-refractivity contribution is 6.03. The van der Waals surface area contributed by atoms with Crippen molar-refractivity contribution in [3.8, 4) is 17.4 Å². The summed E-state index contributed by atoms with van der Waals surface area (Å²) in [6.07, 6.45) is 0.717. The van der Waals surface area contributed by atoms with Crippen molar-refractivity contribution in [3.05, 3.63) is 54.4 Å². The number of benzene rings is 2. The summed E-state index contributed by atoms with van der Waals surface area (Å²) in [6, 6.07) is 15.2. The van der Waals surface area contributed by atoms with E-state index in [1.165, 1.54) is 0 Å². The second kappa shape index (κ2) is 5.85. The van der Waals surface area contributed by atoms with Crippen LogP contribution in [0.15, 0.2) is 52.9 Å². The van der Waals surface area contributed by atoms with Gasteiger partial charge < -0.3 is 13.9 Å². The van der Waals surface area contributed by atoms with Crippen LogP contribution in [0.1, 0.15) is 12.7 Å². The molecule has 0 aliphatic rings. The van der Waals surface area contributed by atoms with Gasteiger partial charge in [-0.3, -0.25) is 0 Å². The van der Waals surface area contributed by atoms with Crippen molar-refractivity contribution in [1.82, 2.24) is 9.97 Å². The number of fused-ring (bicyclic) bond motifs is 3. The zero-order valence-corrected chi connectivity index (χ0v) is 13.4. The molecule has 5 heteroatoms. The summed E-state index contributed by atoms with van der Waals surface area (Å²) in [5.41, 5.74) is 2.11. The van der Waals surface area contributed by atoms with E-state index < -0.39 is 0 Å². The molecule has 0 saturated carbocycles.